The van der Waals surface area contributed by atoms with Crippen molar-refractivity contribution in [3.63, 3.8) is 0 Å². The van der Waals surface area contributed by atoms with Crippen LogP contribution >= 0.6 is 0 Å². The van der Waals surface area contributed by atoms with Gasteiger partial charge in [-0.25, -0.2) is 4.98 Å². The molecule has 1 saturated heterocycles. The van der Waals surface area contributed by atoms with Crippen LogP contribution in [-0.2, 0) is 0 Å². The van der Waals surface area contributed by atoms with Crippen molar-refractivity contribution in [2.45, 2.75) is 19.8 Å². The normalized spacial score (nSPS) is 13.7. The molecule has 5 nitrogen and oxygen atoms in total. The summed E-state index contributed by atoms with van der Waals surface area (Å²) in [6.07, 6.45) is 4.34. The van der Waals surface area contributed by atoms with Crippen LogP contribution in [0.3, 0.4) is 0 Å². The van der Waals surface area contributed by atoms with E-state index < -0.39 is 0 Å². The first-order valence-electron chi connectivity index (χ1n) is 9.06. The number of aryl methyl sites for hydroxylation is 1. The number of rotatable bonds is 5. The van der Waals surface area contributed by atoms with Crippen molar-refractivity contribution >= 4 is 28.8 Å². The highest BCUT2D eigenvalue weighted by Crippen LogP contribution is 2.24. The van der Waals surface area contributed by atoms with Gasteiger partial charge in [-0.1, -0.05) is 18.2 Å². The van der Waals surface area contributed by atoms with Crippen LogP contribution < -0.4 is 15.5 Å². The fourth-order valence-electron chi connectivity index (χ4n) is 3.20. The SMILES string of the molecule is Cc1ccccc1Nc1nccc(Nc2ccc(N3CCCC3)cc2)n1. The molecule has 26 heavy (non-hydrogen) atoms. The van der Waals surface area contributed by atoms with Gasteiger partial charge in [0.2, 0.25) is 5.95 Å². The monoisotopic (exact) mass is 345 g/mol. The molecule has 0 bridgehead atoms. The van der Waals surface area contributed by atoms with E-state index in [0.29, 0.717) is 5.95 Å². The molecule has 2 aromatic carbocycles. The predicted octanol–water partition coefficient (Wildman–Crippen LogP) is 4.87. The number of nitrogens with zero attached hydrogens (tertiary/aromatic N) is 3. The second-order valence-corrected chi connectivity index (χ2v) is 6.57. The summed E-state index contributed by atoms with van der Waals surface area (Å²) >= 11 is 0. The summed E-state index contributed by atoms with van der Waals surface area (Å²) in [6.45, 7) is 4.38. The Hall–Kier alpha value is -3.08. The quantitative estimate of drug-likeness (QED) is 0.691. The molecule has 0 aliphatic carbocycles. The zero-order valence-corrected chi connectivity index (χ0v) is 14.9. The lowest BCUT2D eigenvalue weighted by Gasteiger charge is -2.18. The summed E-state index contributed by atoms with van der Waals surface area (Å²) in [7, 11) is 0. The third kappa shape index (κ3) is 3.77. The van der Waals surface area contributed by atoms with Crippen molar-refractivity contribution in [2.75, 3.05) is 28.6 Å². The summed E-state index contributed by atoms with van der Waals surface area (Å²) in [5.74, 6) is 1.35. The molecule has 2 N–H and O–H groups in total. The van der Waals surface area contributed by atoms with Crippen molar-refractivity contribution in [2.24, 2.45) is 0 Å². The molecular weight excluding hydrogens is 322 g/mol. The third-order valence-electron chi connectivity index (χ3n) is 4.66. The molecule has 2 heterocycles. The van der Waals surface area contributed by atoms with E-state index >= 15 is 0 Å². The van der Waals surface area contributed by atoms with Gasteiger partial charge in [0.05, 0.1) is 0 Å². The topological polar surface area (TPSA) is 53.1 Å². The second kappa shape index (κ2) is 7.44. The predicted molar refractivity (Wildman–Crippen MR) is 108 cm³/mol. The molecule has 132 valence electrons. The molecule has 0 amide bonds. The van der Waals surface area contributed by atoms with Gasteiger partial charge in [0.1, 0.15) is 5.82 Å². The maximum Gasteiger partial charge on any atom is 0.229 e. The Kier molecular flexibility index (Phi) is 4.69. The highest BCUT2D eigenvalue weighted by atomic mass is 15.2. The maximum absolute atomic E-state index is 4.56. The first kappa shape index (κ1) is 16.4. The molecule has 1 fully saturated rings. The summed E-state index contributed by atoms with van der Waals surface area (Å²) in [6, 6.07) is 18.5. The molecular formula is C21H23N5. The second-order valence-electron chi connectivity index (χ2n) is 6.57. The molecule has 1 aliphatic heterocycles. The zero-order valence-electron chi connectivity index (χ0n) is 14.9. The molecule has 1 aliphatic rings. The van der Waals surface area contributed by atoms with E-state index in [2.05, 4.69) is 62.8 Å². The molecule has 0 unspecified atom stereocenters. The molecule has 0 saturated carbocycles. The van der Waals surface area contributed by atoms with Crippen molar-refractivity contribution in [1.29, 1.82) is 0 Å². The minimum Gasteiger partial charge on any atom is -0.372 e. The number of aromatic nitrogens is 2. The van der Waals surface area contributed by atoms with Crippen LogP contribution in [0, 0.1) is 6.92 Å². The summed E-state index contributed by atoms with van der Waals surface area (Å²) in [5, 5.41) is 6.63. The van der Waals surface area contributed by atoms with Gasteiger partial charge in [0.25, 0.3) is 0 Å². The standard InChI is InChI=1S/C21H23N5/c1-16-6-2-3-7-19(16)24-21-22-13-12-20(25-21)23-17-8-10-18(11-9-17)26-14-4-5-15-26/h2-3,6-13H,4-5,14-15H2,1H3,(H2,22,23,24,25). The Morgan fingerprint density at radius 2 is 1.65 bits per heavy atom. The molecule has 3 aromatic rings. The van der Waals surface area contributed by atoms with E-state index in [1.54, 1.807) is 6.20 Å². The van der Waals surface area contributed by atoms with Crippen LogP contribution in [0.2, 0.25) is 0 Å². The van der Waals surface area contributed by atoms with Crippen molar-refractivity contribution < 1.29 is 0 Å². The molecule has 0 radical (unpaired) electrons. The van der Waals surface area contributed by atoms with E-state index in [9.17, 15) is 0 Å². The number of hydrogen-bond acceptors (Lipinski definition) is 5. The van der Waals surface area contributed by atoms with Gasteiger partial charge in [-0.05, 0) is 61.7 Å². The van der Waals surface area contributed by atoms with E-state index in [1.165, 1.54) is 18.5 Å². The van der Waals surface area contributed by atoms with Gasteiger partial charge < -0.3 is 15.5 Å². The van der Waals surface area contributed by atoms with Crippen LogP contribution in [0.15, 0.2) is 60.8 Å². The van der Waals surface area contributed by atoms with Crippen LogP contribution in [0.4, 0.5) is 28.8 Å². The fourth-order valence-corrected chi connectivity index (χ4v) is 3.20. The van der Waals surface area contributed by atoms with Crippen LogP contribution in [0.1, 0.15) is 18.4 Å². The van der Waals surface area contributed by atoms with E-state index in [0.717, 1.165) is 35.8 Å². The number of nitrogens with one attached hydrogen (secondary N) is 2. The molecule has 0 spiro atoms. The van der Waals surface area contributed by atoms with Crippen molar-refractivity contribution in [3.05, 3.63) is 66.4 Å². The zero-order chi connectivity index (χ0) is 17.8. The number of anilines is 5. The summed E-state index contributed by atoms with van der Waals surface area (Å²) in [4.78, 5) is 11.3. The summed E-state index contributed by atoms with van der Waals surface area (Å²) in [5.41, 5.74) is 4.48. The fraction of sp³-hybridized carbons (Fsp3) is 0.238. The minimum atomic E-state index is 0.581. The van der Waals surface area contributed by atoms with Gasteiger partial charge in [-0.2, -0.15) is 4.98 Å². The van der Waals surface area contributed by atoms with Gasteiger partial charge in [0, 0.05) is 36.3 Å². The Morgan fingerprint density at radius 1 is 0.885 bits per heavy atom. The first-order valence-corrected chi connectivity index (χ1v) is 9.06. The first-order chi connectivity index (χ1) is 12.8. The van der Waals surface area contributed by atoms with E-state index in [1.807, 2.05) is 24.3 Å². The maximum atomic E-state index is 4.56. The van der Waals surface area contributed by atoms with E-state index in [-0.39, 0.29) is 0 Å². The lowest BCUT2D eigenvalue weighted by atomic mass is 10.2. The Labute approximate surface area is 154 Å². The van der Waals surface area contributed by atoms with Gasteiger partial charge >= 0.3 is 0 Å². The number of para-hydroxylation sites is 1. The smallest absolute Gasteiger partial charge is 0.229 e. The van der Waals surface area contributed by atoms with Crippen LogP contribution in [-0.4, -0.2) is 23.1 Å². The highest BCUT2D eigenvalue weighted by Gasteiger charge is 2.11. The largest absolute Gasteiger partial charge is 0.372 e. The molecule has 5 heteroatoms. The average Bonchev–Trinajstić information content (AvgIpc) is 3.19. The number of benzene rings is 2. The third-order valence-corrected chi connectivity index (χ3v) is 4.66. The Balaban J connectivity index is 1.46. The highest BCUT2D eigenvalue weighted by molar-refractivity contribution is 5.63. The average molecular weight is 345 g/mol. The van der Waals surface area contributed by atoms with Crippen molar-refractivity contribution in [3.8, 4) is 0 Å². The molecule has 1 aromatic heterocycles. The van der Waals surface area contributed by atoms with Gasteiger partial charge in [-0.3, -0.25) is 0 Å². The van der Waals surface area contributed by atoms with E-state index in [4.69, 9.17) is 0 Å². The van der Waals surface area contributed by atoms with Crippen LogP contribution in [0.5, 0.6) is 0 Å². The number of hydrogen-bond donors (Lipinski definition) is 2. The Morgan fingerprint density at radius 3 is 2.42 bits per heavy atom. The molecule has 0 atom stereocenters. The van der Waals surface area contributed by atoms with Crippen molar-refractivity contribution in [1.82, 2.24) is 9.97 Å². The lowest BCUT2D eigenvalue weighted by molar-refractivity contribution is 0.949. The summed E-state index contributed by atoms with van der Waals surface area (Å²) < 4.78 is 0. The minimum absolute atomic E-state index is 0.581. The van der Waals surface area contributed by atoms with Gasteiger partial charge in [0.15, 0.2) is 0 Å². The molecule has 4 rings (SSSR count). The van der Waals surface area contributed by atoms with Gasteiger partial charge in [-0.15, -0.1) is 0 Å². The van der Waals surface area contributed by atoms with Crippen LogP contribution in [0.25, 0.3) is 0 Å². The lowest BCUT2D eigenvalue weighted by Crippen LogP contribution is -2.17. The Bertz CT molecular complexity index is 870.